The largest absolute Gasteiger partial charge is 0.377 e. The standard InChI is InChI=1S/C18H21N9O/c1-11-10-28-7-6-26(11)16-8-13(17-12(2)25(3)24-22-17)15-9-19-18(27(15)23-16)14-4-5-20-21-14/h4-5,8-9,11H,6-7,10H2,1-3H3,(H,20,21)/t11-/m1/s1. The summed E-state index contributed by atoms with van der Waals surface area (Å²) in [5.74, 6) is 1.57. The molecule has 0 aromatic carbocycles. The van der Waals surface area contributed by atoms with Crippen LogP contribution >= 0.6 is 0 Å². The van der Waals surface area contributed by atoms with E-state index in [0.29, 0.717) is 19.0 Å². The molecular formula is C18H21N9O. The van der Waals surface area contributed by atoms with Gasteiger partial charge in [0.05, 0.1) is 36.7 Å². The van der Waals surface area contributed by atoms with E-state index in [1.54, 1.807) is 10.9 Å². The number of ether oxygens (including phenoxy) is 1. The zero-order valence-corrected chi connectivity index (χ0v) is 16.0. The second-order valence-electron chi connectivity index (χ2n) is 7.03. The fourth-order valence-corrected chi connectivity index (χ4v) is 3.58. The lowest BCUT2D eigenvalue weighted by Crippen LogP contribution is -2.44. The van der Waals surface area contributed by atoms with Gasteiger partial charge in [0.15, 0.2) is 11.6 Å². The summed E-state index contributed by atoms with van der Waals surface area (Å²) in [4.78, 5) is 6.86. The van der Waals surface area contributed by atoms with Crippen molar-refractivity contribution in [1.29, 1.82) is 0 Å². The van der Waals surface area contributed by atoms with Crippen LogP contribution in [0.2, 0.25) is 0 Å². The lowest BCUT2D eigenvalue weighted by atomic mass is 10.1. The van der Waals surface area contributed by atoms with Gasteiger partial charge < -0.3 is 9.64 Å². The number of aromatic amines is 1. The Hall–Kier alpha value is -3.27. The van der Waals surface area contributed by atoms with Crippen LogP contribution in [-0.2, 0) is 11.8 Å². The molecule has 1 saturated heterocycles. The first-order valence-corrected chi connectivity index (χ1v) is 9.23. The van der Waals surface area contributed by atoms with Crippen molar-refractivity contribution in [2.24, 2.45) is 7.05 Å². The van der Waals surface area contributed by atoms with Gasteiger partial charge in [-0.05, 0) is 26.0 Å². The van der Waals surface area contributed by atoms with Crippen LogP contribution in [0.15, 0.2) is 24.5 Å². The predicted molar refractivity (Wildman–Crippen MR) is 103 cm³/mol. The number of rotatable bonds is 3. The third kappa shape index (κ3) is 2.56. The Morgan fingerprint density at radius 1 is 1.32 bits per heavy atom. The van der Waals surface area contributed by atoms with Crippen molar-refractivity contribution < 1.29 is 4.74 Å². The SMILES string of the molecule is Cc1c(-c2cc(N3CCOC[C@H]3C)nn3c(-c4ccn[nH]4)ncc23)nnn1C. The van der Waals surface area contributed by atoms with E-state index in [-0.39, 0.29) is 6.04 Å². The Kier molecular flexibility index (Phi) is 3.86. The molecule has 5 rings (SSSR count). The highest BCUT2D eigenvalue weighted by molar-refractivity contribution is 5.82. The molecule has 5 heterocycles. The third-order valence-electron chi connectivity index (χ3n) is 5.26. The van der Waals surface area contributed by atoms with E-state index in [4.69, 9.17) is 9.84 Å². The minimum absolute atomic E-state index is 0.230. The van der Waals surface area contributed by atoms with Gasteiger partial charge in [-0.15, -0.1) is 10.2 Å². The van der Waals surface area contributed by atoms with Crippen molar-refractivity contribution in [2.45, 2.75) is 19.9 Å². The molecule has 0 unspecified atom stereocenters. The van der Waals surface area contributed by atoms with E-state index in [9.17, 15) is 0 Å². The quantitative estimate of drug-likeness (QED) is 0.575. The molecule has 4 aromatic heterocycles. The molecule has 0 spiro atoms. The van der Waals surface area contributed by atoms with Crippen LogP contribution in [0.25, 0.3) is 28.3 Å². The van der Waals surface area contributed by atoms with Crippen LogP contribution in [0.5, 0.6) is 0 Å². The fraction of sp³-hybridized carbons (Fsp3) is 0.389. The molecule has 0 aliphatic carbocycles. The second kappa shape index (κ2) is 6.41. The maximum Gasteiger partial charge on any atom is 0.179 e. The Labute approximate surface area is 161 Å². The molecule has 0 bridgehead atoms. The number of imidazole rings is 1. The van der Waals surface area contributed by atoms with Crippen LogP contribution in [-0.4, -0.2) is 65.6 Å². The maximum atomic E-state index is 5.60. The molecule has 0 radical (unpaired) electrons. The van der Waals surface area contributed by atoms with Gasteiger partial charge >= 0.3 is 0 Å². The average Bonchev–Trinajstić information content (AvgIpc) is 3.43. The molecule has 144 valence electrons. The monoisotopic (exact) mass is 379 g/mol. The van der Waals surface area contributed by atoms with E-state index in [1.165, 1.54) is 0 Å². The highest BCUT2D eigenvalue weighted by Crippen LogP contribution is 2.31. The summed E-state index contributed by atoms with van der Waals surface area (Å²) in [5, 5.41) is 20.5. The molecule has 0 amide bonds. The summed E-state index contributed by atoms with van der Waals surface area (Å²) >= 11 is 0. The molecule has 1 N–H and O–H groups in total. The first-order valence-electron chi connectivity index (χ1n) is 9.23. The first kappa shape index (κ1) is 16.9. The summed E-state index contributed by atoms with van der Waals surface area (Å²) in [5.41, 5.74) is 4.44. The van der Waals surface area contributed by atoms with Gasteiger partial charge in [0.2, 0.25) is 0 Å². The van der Waals surface area contributed by atoms with E-state index in [0.717, 1.165) is 40.5 Å². The van der Waals surface area contributed by atoms with Crippen molar-refractivity contribution in [1.82, 2.24) is 39.8 Å². The Morgan fingerprint density at radius 3 is 2.93 bits per heavy atom. The van der Waals surface area contributed by atoms with Crippen molar-refractivity contribution in [3.63, 3.8) is 0 Å². The van der Waals surface area contributed by atoms with Crippen molar-refractivity contribution in [3.05, 3.63) is 30.2 Å². The summed E-state index contributed by atoms with van der Waals surface area (Å²) in [6, 6.07) is 4.19. The molecule has 1 aliphatic heterocycles. The topological polar surface area (TPSA) is 102 Å². The molecule has 1 atom stereocenters. The smallest absolute Gasteiger partial charge is 0.179 e. The minimum atomic E-state index is 0.230. The van der Waals surface area contributed by atoms with Gasteiger partial charge in [-0.1, -0.05) is 5.21 Å². The molecule has 10 nitrogen and oxygen atoms in total. The summed E-state index contributed by atoms with van der Waals surface area (Å²) in [7, 11) is 1.89. The number of aromatic nitrogens is 8. The van der Waals surface area contributed by atoms with Crippen LogP contribution in [0.3, 0.4) is 0 Å². The van der Waals surface area contributed by atoms with E-state index < -0.39 is 0 Å². The number of hydrogen-bond donors (Lipinski definition) is 1. The van der Waals surface area contributed by atoms with Crippen LogP contribution in [0.1, 0.15) is 12.6 Å². The number of morpholine rings is 1. The van der Waals surface area contributed by atoms with Gasteiger partial charge in [-0.3, -0.25) is 9.78 Å². The van der Waals surface area contributed by atoms with Gasteiger partial charge in [0.1, 0.15) is 11.4 Å². The van der Waals surface area contributed by atoms with E-state index >= 15 is 0 Å². The summed E-state index contributed by atoms with van der Waals surface area (Å²) in [6.45, 7) is 6.29. The molecule has 0 saturated carbocycles. The number of H-pyrrole nitrogens is 1. The molecule has 1 aliphatic rings. The second-order valence-corrected chi connectivity index (χ2v) is 7.03. The molecule has 4 aromatic rings. The average molecular weight is 379 g/mol. The van der Waals surface area contributed by atoms with Crippen molar-refractivity contribution in [2.75, 3.05) is 24.7 Å². The number of fused-ring (bicyclic) bond motifs is 1. The number of hydrogen-bond acceptors (Lipinski definition) is 7. The van der Waals surface area contributed by atoms with Gasteiger partial charge in [-0.25, -0.2) is 9.50 Å². The van der Waals surface area contributed by atoms with E-state index in [2.05, 4.69) is 43.4 Å². The summed E-state index contributed by atoms with van der Waals surface area (Å²) in [6.07, 6.45) is 3.52. The highest BCUT2D eigenvalue weighted by Gasteiger charge is 2.24. The normalized spacial score (nSPS) is 17.5. The van der Waals surface area contributed by atoms with Gasteiger partial charge in [0, 0.05) is 25.4 Å². The Morgan fingerprint density at radius 2 is 2.21 bits per heavy atom. The molecule has 1 fully saturated rings. The Bertz CT molecular complexity index is 1130. The third-order valence-corrected chi connectivity index (χ3v) is 5.26. The number of nitrogens with zero attached hydrogens (tertiary/aromatic N) is 8. The van der Waals surface area contributed by atoms with Gasteiger partial charge in [-0.2, -0.15) is 5.10 Å². The highest BCUT2D eigenvalue weighted by atomic mass is 16.5. The number of aryl methyl sites for hydroxylation is 1. The lowest BCUT2D eigenvalue weighted by molar-refractivity contribution is 0.0984. The van der Waals surface area contributed by atoms with Crippen molar-refractivity contribution in [3.8, 4) is 22.8 Å². The molecule has 10 heteroatoms. The number of anilines is 1. The summed E-state index contributed by atoms with van der Waals surface area (Å²) < 4.78 is 9.23. The van der Waals surface area contributed by atoms with Gasteiger partial charge in [0.25, 0.3) is 0 Å². The van der Waals surface area contributed by atoms with Crippen molar-refractivity contribution >= 4 is 11.3 Å². The molecule has 28 heavy (non-hydrogen) atoms. The fourth-order valence-electron chi connectivity index (χ4n) is 3.58. The Balaban J connectivity index is 1.76. The maximum absolute atomic E-state index is 5.60. The lowest BCUT2D eigenvalue weighted by Gasteiger charge is -2.34. The van der Waals surface area contributed by atoms with E-state index in [1.807, 2.05) is 30.8 Å². The van der Waals surface area contributed by atoms with Crippen LogP contribution in [0.4, 0.5) is 5.82 Å². The molecular weight excluding hydrogens is 358 g/mol. The number of nitrogens with one attached hydrogen (secondary N) is 1. The minimum Gasteiger partial charge on any atom is -0.377 e. The zero-order chi connectivity index (χ0) is 19.3. The zero-order valence-electron chi connectivity index (χ0n) is 16.0. The predicted octanol–water partition coefficient (Wildman–Crippen LogP) is 1.45. The van der Waals surface area contributed by atoms with Crippen LogP contribution < -0.4 is 4.90 Å². The van der Waals surface area contributed by atoms with Crippen LogP contribution in [0, 0.1) is 6.92 Å². The first-order chi connectivity index (χ1) is 13.6.